The summed E-state index contributed by atoms with van der Waals surface area (Å²) in [5, 5.41) is 3.55. The van der Waals surface area contributed by atoms with Crippen LogP contribution in [-0.2, 0) is 13.1 Å². The number of furan rings is 1. The predicted molar refractivity (Wildman–Crippen MR) is 86.1 cm³/mol. The highest BCUT2D eigenvalue weighted by Crippen LogP contribution is 2.23. The number of likely N-dealkylation sites (tertiary alicyclic amines) is 1. The number of nitrogens with zero attached hydrogens (tertiary/aromatic N) is 1. The van der Waals surface area contributed by atoms with E-state index < -0.39 is 0 Å². The lowest BCUT2D eigenvalue weighted by molar-refractivity contribution is 0.249. The van der Waals surface area contributed by atoms with Gasteiger partial charge in [0.2, 0.25) is 0 Å². The Labute approximate surface area is 129 Å². The topological polar surface area (TPSA) is 28.4 Å². The Bertz CT molecular complexity index is 425. The Morgan fingerprint density at radius 3 is 2.95 bits per heavy atom. The van der Waals surface area contributed by atoms with Crippen molar-refractivity contribution in [1.29, 1.82) is 0 Å². The highest BCUT2D eigenvalue weighted by molar-refractivity contribution is 5.13. The van der Waals surface area contributed by atoms with E-state index in [4.69, 9.17) is 4.42 Å². The number of rotatable bonds is 7. The molecule has 1 aromatic heterocycles. The van der Waals surface area contributed by atoms with Crippen LogP contribution in [0.15, 0.2) is 16.7 Å². The summed E-state index contributed by atoms with van der Waals surface area (Å²) in [5.41, 5.74) is 1.30. The zero-order valence-corrected chi connectivity index (χ0v) is 13.4. The van der Waals surface area contributed by atoms with Gasteiger partial charge in [0.15, 0.2) is 0 Å². The Kier molecular flexibility index (Phi) is 5.37. The molecule has 21 heavy (non-hydrogen) atoms. The third-order valence-electron chi connectivity index (χ3n) is 4.90. The molecule has 1 unspecified atom stereocenters. The molecule has 118 valence electrons. The minimum Gasteiger partial charge on any atom is -0.468 e. The summed E-state index contributed by atoms with van der Waals surface area (Å²) in [7, 11) is 0. The monoisotopic (exact) mass is 290 g/mol. The zero-order valence-electron chi connectivity index (χ0n) is 13.4. The molecule has 1 saturated heterocycles. The van der Waals surface area contributed by atoms with E-state index in [1.807, 2.05) is 6.26 Å². The van der Waals surface area contributed by atoms with Gasteiger partial charge in [0.05, 0.1) is 12.8 Å². The SMILES string of the molecule is CCCC1CCCN(Cc2cc(CNC3CC3)co2)CC1. The van der Waals surface area contributed by atoms with Crippen LogP contribution in [0.4, 0.5) is 0 Å². The van der Waals surface area contributed by atoms with Crippen molar-refractivity contribution in [1.82, 2.24) is 10.2 Å². The molecule has 1 aliphatic carbocycles. The molecular formula is C18H30N2O. The van der Waals surface area contributed by atoms with E-state index in [2.05, 4.69) is 23.2 Å². The zero-order chi connectivity index (χ0) is 14.5. The minimum absolute atomic E-state index is 0.768. The second kappa shape index (κ2) is 7.46. The average molecular weight is 290 g/mol. The van der Waals surface area contributed by atoms with E-state index in [1.54, 1.807) is 0 Å². The third-order valence-corrected chi connectivity index (χ3v) is 4.90. The van der Waals surface area contributed by atoms with Crippen LogP contribution in [-0.4, -0.2) is 24.0 Å². The maximum Gasteiger partial charge on any atom is 0.118 e. The van der Waals surface area contributed by atoms with Crippen LogP contribution in [0.1, 0.15) is 63.2 Å². The van der Waals surface area contributed by atoms with Gasteiger partial charge in [-0.2, -0.15) is 0 Å². The number of nitrogens with one attached hydrogen (secondary N) is 1. The fraction of sp³-hybridized carbons (Fsp3) is 0.778. The van der Waals surface area contributed by atoms with Crippen molar-refractivity contribution in [2.24, 2.45) is 5.92 Å². The van der Waals surface area contributed by atoms with Crippen molar-refractivity contribution in [2.75, 3.05) is 13.1 Å². The van der Waals surface area contributed by atoms with E-state index in [9.17, 15) is 0 Å². The molecule has 1 aliphatic heterocycles. The number of hydrogen-bond donors (Lipinski definition) is 1. The van der Waals surface area contributed by atoms with Crippen LogP contribution in [0.3, 0.4) is 0 Å². The highest BCUT2D eigenvalue weighted by Gasteiger charge is 2.21. The summed E-state index contributed by atoms with van der Waals surface area (Å²) in [6, 6.07) is 3.01. The van der Waals surface area contributed by atoms with Gasteiger partial charge < -0.3 is 9.73 Å². The second-order valence-electron chi connectivity index (χ2n) is 6.94. The van der Waals surface area contributed by atoms with Gasteiger partial charge in [-0.25, -0.2) is 0 Å². The summed E-state index contributed by atoms with van der Waals surface area (Å²) >= 11 is 0. The molecule has 3 heteroatoms. The standard InChI is InChI=1S/C18H30N2O/c1-2-4-15-5-3-9-20(10-8-15)13-18-11-16(14-21-18)12-19-17-6-7-17/h11,14-15,17,19H,2-10,12-13H2,1H3. The Balaban J connectivity index is 1.44. The van der Waals surface area contributed by atoms with Crippen LogP contribution < -0.4 is 5.32 Å². The first-order chi connectivity index (χ1) is 10.3. The Morgan fingerprint density at radius 2 is 2.14 bits per heavy atom. The van der Waals surface area contributed by atoms with Crippen molar-refractivity contribution in [2.45, 2.75) is 71.0 Å². The third kappa shape index (κ3) is 4.86. The highest BCUT2D eigenvalue weighted by atomic mass is 16.3. The maximum atomic E-state index is 5.75. The average Bonchev–Trinajstić information content (AvgIpc) is 3.24. The molecule has 3 nitrogen and oxygen atoms in total. The molecule has 1 atom stereocenters. The van der Waals surface area contributed by atoms with E-state index in [0.717, 1.165) is 30.8 Å². The quantitative estimate of drug-likeness (QED) is 0.824. The lowest BCUT2D eigenvalue weighted by Gasteiger charge is -2.18. The summed E-state index contributed by atoms with van der Waals surface area (Å²) in [5.74, 6) is 2.09. The summed E-state index contributed by atoms with van der Waals surface area (Å²) < 4.78 is 5.75. The molecule has 1 N–H and O–H groups in total. The first-order valence-electron chi connectivity index (χ1n) is 8.85. The van der Waals surface area contributed by atoms with Gasteiger partial charge in [0.1, 0.15) is 5.76 Å². The molecule has 2 aliphatic rings. The molecule has 0 amide bonds. The van der Waals surface area contributed by atoms with Crippen LogP contribution in [0.25, 0.3) is 0 Å². The lowest BCUT2D eigenvalue weighted by atomic mass is 9.96. The maximum absolute atomic E-state index is 5.75. The molecular weight excluding hydrogens is 260 g/mol. The van der Waals surface area contributed by atoms with E-state index in [1.165, 1.54) is 63.6 Å². The first kappa shape index (κ1) is 15.1. The van der Waals surface area contributed by atoms with Gasteiger partial charge in [-0.05, 0) is 57.2 Å². The molecule has 0 bridgehead atoms. The molecule has 1 aromatic rings. The second-order valence-corrected chi connectivity index (χ2v) is 6.94. The summed E-state index contributed by atoms with van der Waals surface area (Å²) in [6.07, 6.45) is 11.5. The molecule has 2 fully saturated rings. The van der Waals surface area contributed by atoms with E-state index in [0.29, 0.717) is 0 Å². The molecule has 0 spiro atoms. The molecule has 0 aromatic carbocycles. The van der Waals surface area contributed by atoms with Gasteiger partial charge in [0, 0.05) is 18.2 Å². The van der Waals surface area contributed by atoms with Crippen LogP contribution in [0, 0.1) is 5.92 Å². The van der Waals surface area contributed by atoms with Gasteiger partial charge >= 0.3 is 0 Å². The predicted octanol–water partition coefficient (Wildman–Crippen LogP) is 3.93. The molecule has 3 rings (SSSR count). The van der Waals surface area contributed by atoms with E-state index in [-0.39, 0.29) is 0 Å². The van der Waals surface area contributed by atoms with Crippen LogP contribution >= 0.6 is 0 Å². The normalized spacial score (nSPS) is 24.1. The van der Waals surface area contributed by atoms with Crippen LogP contribution in [0.2, 0.25) is 0 Å². The van der Waals surface area contributed by atoms with Crippen molar-refractivity contribution in [3.8, 4) is 0 Å². The van der Waals surface area contributed by atoms with Crippen molar-refractivity contribution < 1.29 is 4.42 Å². The largest absolute Gasteiger partial charge is 0.468 e. The number of hydrogen-bond acceptors (Lipinski definition) is 3. The fourth-order valence-electron chi connectivity index (χ4n) is 3.45. The Morgan fingerprint density at radius 1 is 1.24 bits per heavy atom. The first-order valence-corrected chi connectivity index (χ1v) is 8.85. The summed E-state index contributed by atoms with van der Waals surface area (Å²) in [4.78, 5) is 2.58. The van der Waals surface area contributed by atoms with E-state index >= 15 is 0 Å². The van der Waals surface area contributed by atoms with Gasteiger partial charge in [-0.1, -0.05) is 19.8 Å². The van der Waals surface area contributed by atoms with Crippen molar-refractivity contribution >= 4 is 0 Å². The fourth-order valence-corrected chi connectivity index (χ4v) is 3.45. The van der Waals surface area contributed by atoms with Crippen LogP contribution in [0.5, 0.6) is 0 Å². The Hall–Kier alpha value is -0.800. The molecule has 0 radical (unpaired) electrons. The van der Waals surface area contributed by atoms with Crippen molar-refractivity contribution in [3.05, 3.63) is 23.7 Å². The van der Waals surface area contributed by atoms with Crippen molar-refractivity contribution in [3.63, 3.8) is 0 Å². The lowest BCUT2D eigenvalue weighted by Crippen LogP contribution is -2.24. The summed E-state index contributed by atoms with van der Waals surface area (Å²) in [6.45, 7) is 6.73. The van der Waals surface area contributed by atoms with Gasteiger partial charge in [0.25, 0.3) is 0 Å². The molecule has 2 heterocycles. The van der Waals surface area contributed by atoms with Gasteiger partial charge in [-0.15, -0.1) is 0 Å². The minimum atomic E-state index is 0.768. The molecule has 1 saturated carbocycles. The smallest absolute Gasteiger partial charge is 0.118 e. The van der Waals surface area contributed by atoms with Gasteiger partial charge in [-0.3, -0.25) is 4.90 Å².